The fourth-order valence-electron chi connectivity index (χ4n) is 1.34. The number of hydrogen-bond acceptors (Lipinski definition) is 3. The highest BCUT2D eigenvalue weighted by Crippen LogP contribution is 2.16. The normalized spacial score (nSPS) is 13.9. The minimum Gasteiger partial charge on any atom is -0.328 e. The first kappa shape index (κ1) is 12.1. The lowest BCUT2D eigenvalue weighted by atomic mass is 10.1. The quantitative estimate of drug-likeness (QED) is 0.848. The third-order valence-electron chi connectivity index (χ3n) is 1.95. The lowest BCUT2D eigenvalue weighted by molar-refractivity contribution is 0.568. The van der Waals surface area contributed by atoms with Gasteiger partial charge in [0.2, 0.25) is 0 Å². The molecule has 0 aliphatic heterocycles. The Morgan fingerprint density at radius 1 is 1.47 bits per heavy atom. The summed E-state index contributed by atoms with van der Waals surface area (Å²) in [5, 5.41) is 0. The molecule has 0 radical (unpaired) electrons. The highest BCUT2D eigenvalue weighted by molar-refractivity contribution is 7.90. The van der Waals surface area contributed by atoms with E-state index in [0.717, 1.165) is 6.26 Å². The van der Waals surface area contributed by atoms with E-state index in [1.165, 1.54) is 12.1 Å². The summed E-state index contributed by atoms with van der Waals surface area (Å²) in [5.74, 6) is -0.712. The molecule has 0 aliphatic carbocycles. The van der Waals surface area contributed by atoms with Gasteiger partial charge in [-0.05, 0) is 31.0 Å². The molecule has 1 unspecified atom stereocenters. The second kappa shape index (κ2) is 4.28. The van der Waals surface area contributed by atoms with Crippen molar-refractivity contribution in [2.75, 3.05) is 6.26 Å². The SMILES string of the molecule is CC(N)Cc1ccc(S(C)(=O)=O)c(F)c1. The summed E-state index contributed by atoms with van der Waals surface area (Å²) in [5.41, 5.74) is 6.26. The van der Waals surface area contributed by atoms with Crippen molar-refractivity contribution in [2.45, 2.75) is 24.3 Å². The molecule has 0 saturated carbocycles. The molecular weight excluding hydrogens is 217 g/mol. The molecule has 0 bridgehead atoms. The van der Waals surface area contributed by atoms with Gasteiger partial charge in [0.15, 0.2) is 9.84 Å². The van der Waals surface area contributed by atoms with Gasteiger partial charge >= 0.3 is 0 Å². The van der Waals surface area contributed by atoms with Crippen LogP contribution in [0.1, 0.15) is 12.5 Å². The molecule has 84 valence electrons. The zero-order chi connectivity index (χ0) is 11.6. The van der Waals surface area contributed by atoms with Gasteiger partial charge in [0.25, 0.3) is 0 Å². The predicted molar refractivity (Wildman–Crippen MR) is 56.9 cm³/mol. The van der Waals surface area contributed by atoms with Crippen LogP contribution in [0.4, 0.5) is 4.39 Å². The van der Waals surface area contributed by atoms with Crippen LogP contribution >= 0.6 is 0 Å². The third kappa shape index (κ3) is 3.28. The maximum atomic E-state index is 13.4. The summed E-state index contributed by atoms with van der Waals surface area (Å²) < 4.78 is 35.6. The van der Waals surface area contributed by atoms with E-state index in [4.69, 9.17) is 5.73 Å². The average Bonchev–Trinajstić information content (AvgIpc) is 1.99. The van der Waals surface area contributed by atoms with Crippen LogP contribution in [0.25, 0.3) is 0 Å². The van der Waals surface area contributed by atoms with Gasteiger partial charge < -0.3 is 5.73 Å². The Bertz CT molecular complexity index is 454. The van der Waals surface area contributed by atoms with Crippen molar-refractivity contribution in [3.05, 3.63) is 29.6 Å². The van der Waals surface area contributed by atoms with E-state index in [1.54, 1.807) is 6.07 Å². The number of benzene rings is 1. The topological polar surface area (TPSA) is 60.2 Å². The van der Waals surface area contributed by atoms with Gasteiger partial charge in [0, 0.05) is 12.3 Å². The molecule has 0 fully saturated rings. The fourth-order valence-corrected chi connectivity index (χ4v) is 2.07. The summed E-state index contributed by atoms with van der Waals surface area (Å²) in [4.78, 5) is -0.268. The van der Waals surface area contributed by atoms with Gasteiger partial charge in [-0.3, -0.25) is 0 Å². The molecule has 0 heterocycles. The summed E-state index contributed by atoms with van der Waals surface area (Å²) in [6.07, 6.45) is 1.51. The van der Waals surface area contributed by atoms with E-state index < -0.39 is 15.7 Å². The Labute approximate surface area is 89.0 Å². The second-order valence-corrected chi connectivity index (χ2v) is 5.70. The molecule has 1 atom stereocenters. The molecule has 1 aromatic carbocycles. The van der Waals surface area contributed by atoms with Gasteiger partial charge in [0.05, 0.1) is 0 Å². The molecule has 0 aliphatic rings. The Morgan fingerprint density at radius 2 is 2.07 bits per heavy atom. The zero-order valence-electron chi connectivity index (χ0n) is 8.70. The number of sulfone groups is 1. The molecule has 0 spiro atoms. The average molecular weight is 231 g/mol. The summed E-state index contributed by atoms with van der Waals surface area (Å²) >= 11 is 0. The van der Waals surface area contributed by atoms with Gasteiger partial charge in [-0.15, -0.1) is 0 Å². The van der Waals surface area contributed by atoms with Crippen molar-refractivity contribution >= 4 is 9.84 Å². The van der Waals surface area contributed by atoms with E-state index in [-0.39, 0.29) is 10.9 Å². The second-order valence-electron chi connectivity index (χ2n) is 3.72. The summed E-state index contributed by atoms with van der Waals surface area (Å²) in [6, 6.07) is 4.01. The Kier molecular flexibility index (Phi) is 3.46. The number of rotatable bonds is 3. The molecule has 3 nitrogen and oxygen atoms in total. The standard InChI is InChI=1S/C10H14FNO2S/c1-7(12)5-8-3-4-10(9(11)6-8)15(2,13)14/h3-4,6-7H,5,12H2,1-2H3. The van der Waals surface area contributed by atoms with Crippen molar-refractivity contribution in [1.29, 1.82) is 0 Å². The van der Waals surface area contributed by atoms with Gasteiger partial charge in [-0.25, -0.2) is 12.8 Å². The van der Waals surface area contributed by atoms with Crippen LogP contribution in [0.5, 0.6) is 0 Å². The summed E-state index contributed by atoms with van der Waals surface area (Å²) in [6.45, 7) is 1.81. The molecule has 5 heteroatoms. The number of hydrogen-bond donors (Lipinski definition) is 1. The van der Waals surface area contributed by atoms with E-state index in [9.17, 15) is 12.8 Å². The molecular formula is C10H14FNO2S. The van der Waals surface area contributed by atoms with Crippen LogP contribution in [-0.4, -0.2) is 20.7 Å². The molecule has 1 rings (SSSR count). The van der Waals surface area contributed by atoms with Crippen molar-refractivity contribution in [1.82, 2.24) is 0 Å². The fraction of sp³-hybridized carbons (Fsp3) is 0.400. The monoisotopic (exact) mass is 231 g/mol. The maximum Gasteiger partial charge on any atom is 0.178 e. The van der Waals surface area contributed by atoms with E-state index in [2.05, 4.69) is 0 Å². The van der Waals surface area contributed by atoms with Crippen LogP contribution in [0, 0.1) is 5.82 Å². The Hall–Kier alpha value is -0.940. The Balaban J connectivity index is 3.09. The van der Waals surface area contributed by atoms with Crippen LogP contribution in [0.15, 0.2) is 23.1 Å². The first-order chi connectivity index (χ1) is 6.80. The van der Waals surface area contributed by atoms with Crippen LogP contribution in [0.2, 0.25) is 0 Å². The number of halogens is 1. The number of nitrogens with two attached hydrogens (primary N) is 1. The lowest BCUT2D eigenvalue weighted by Crippen LogP contribution is -2.18. The van der Waals surface area contributed by atoms with Crippen LogP contribution in [0.3, 0.4) is 0 Å². The van der Waals surface area contributed by atoms with Gasteiger partial charge in [0.1, 0.15) is 10.7 Å². The highest BCUT2D eigenvalue weighted by Gasteiger charge is 2.13. The maximum absolute atomic E-state index is 13.4. The largest absolute Gasteiger partial charge is 0.328 e. The first-order valence-electron chi connectivity index (χ1n) is 4.55. The van der Waals surface area contributed by atoms with Gasteiger partial charge in [-0.1, -0.05) is 6.07 Å². The smallest absolute Gasteiger partial charge is 0.178 e. The zero-order valence-corrected chi connectivity index (χ0v) is 9.51. The predicted octanol–water partition coefficient (Wildman–Crippen LogP) is 1.12. The van der Waals surface area contributed by atoms with Crippen molar-refractivity contribution < 1.29 is 12.8 Å². The van der Waals surface area contributed by atoms with E-state index in [1.807, 2.05) is 6.92 Å². The molecule has 0 saturated heterocycles. The van der Waals surface area contributed by atoms with E-state index >= 15 is 0 Å². The molecule has 15 heavy (non-hydrogen) atoms. The molecule has 1 aromatic rings. The summed E-state index contributed by atoms with van der Waals surface area (Å²) in [7, 11) is -3.48. The van der Waals surface area contributed by atoms with Crippen LogP contribution in [-0.2, 0) is 16.3 Å². The minimum absolute atomic E-state index is 0.0755. The van der Waals surface area contributed by atoms with Gasteiger partial charge in [-0.2, -0.15) is 0 Å². The lowest BCUT2D eigenvalue weighted by Gasteiger charge is -2.07. The van der Waals surface area contributed by atoms with E-state index in [0.29, 0.717) is 12.0 Å². The molecule has 0 aromatic heterocycles. The first-order valence-corrected chi connectivity index (χ1v) is 6.44. The van der Waals surface area contributed by atoms with Crippen molar-refractivity contribution in [3.8, 4) is 0 Å². The molecule has 0 amide bonds. The minimum atomic E-state index is -3.48. The van der Waals surface area contributed by atoms with Crippen molar-refractivity contribution in [2.24, 2.45) is 5.73 Å². The van der Waals surface area contributed by atoms with Crippen LogP contribution < -0.4 is 5.73 Å². The Morgan fingerprint density at radius 3 is 2.47 bits per heavy atom. The molecule has 2 N–H and O–H groups in total. The van der Waals surface area contributed by atoms with Crippen molar-refractivity contribution in [3.63, 3.8) is 0 Å². The third-order valence-corrected chi connectivity index (χ3v) is 3.08. The highest BCUT2D eigenvalue weighted by atomic mass is 32.2.